The van der Waals surface area contributed by atoms with Crippen LogP contribution in [-0.4, -0.2) is 35.6 Å². The molecule has 0 atom stereocenters. The summed E-state index contributed by atoms with van der Waals surface area (Å²) in [6.07, 6.45) is 0.508. The van der Waals surface area contributed by atoms with Crippen LogP contribution in [0.1, 0.15) is 13.3 Å². The van der Waals surface area contributed by atoms with Crippen LogP contribution in [-0.2, 0) is 9.59 Å². The van der Waals surface area contributed by atoms with E-state index in [1.807, 2.05) is 0 Å². The van der Waals surface area contributed by atoms with Gasteiger partial charge in [-0.3, -0.25) is 9.59 Å². The molecule has 0 aliphatic rings. The van der Waals surface area contributed by atoms with Crippen LogP contribution in [0.5, 0.6) is 0 Å². The van der Waals surface area contributed by atoms with Crippen molar-refractivity contribution in [2.24, 2.45) is 0 Å². The minimum Gasteiger partial charge on any atom is -0.333 e. The van der Waals surface area contributed by atoms with E-state index in [0.717, 1.165) is 23.9 Å². The van der Waals surface area contributed by atoms with Gasteiger partial charge in [0.2, 0.25) is 11.8 Å². The minimum atomic E-state index is -1.72. The lowest BCUT2D eigenvalue weighted by Crippen LogP contribution is -2.39. The SMILES string of the molecule is CCCN(CC(=O)Nc1ccc(F)c(F)c1F)C(=O)CSc1ccc(F)cc1F. The van der Waals surface area contributed by atoms with Crippen LogP contribution < -0.4 is 5.32 Å². The lowest BCUT2D eigenvalue weighted by atomic mass is 10.2. The van der Waals surface area contributed by atoms with Crippen molar-refractivity contribution in [3.8, 4) is 0 Å². The van der Waals surface area contributed by atoms with Crippen LogP contribution in [0.25, 0.3) is 0 Å². The number of carbonyl (C=O) groups excluding carboxylic acids is 2. The van der Waals surface area contributed by atoms with E-state index in [0.29, 0.717) is 18.6 Å². The average Bonchev–Trinajstić information content (AvgIpc) is 2.67. The topological polar surface area (TPSA) is 49.4 Å². The van der Waals surface area contributed by atoms with Gasteiger partial charge in [0, 0.05) is 17.5 Å². The summed E-state index contributed by atoms with van der Waals surface area (Å²) in [5.41, 5.74) is -0.555. The Kier molecular flexibility index (Phi) is 8.00. The van der Waals surface area contributed by atoms with E-state index in [4.69, 9.17) is 0 Å². The molecule has 2 aromatic carbocycles. The molecular weight excluding hydrogens is 415 g/mol. The molecule has 0 bridgehead atoms. The third-order valence-corrected chi connectivity index (χ3v) is 4.77. The lowest BCUT2D eigenvalue weighted by molar-refractivity contribution is -0.132. The normalized spacial score (nSPS) is 10.7. The van der Waals surface area contributed by atoms with Crippen molar-refractivity contribution in [2.75, 3.05) is 24.2 Å². The summed E-state index contributed by atoms with van der Waals surface area (Å²) < 4.78 is 66.5. The third kappa shape index (κ3) is 6.18. The van der Waals surface area contributed by atoms with Gasteiger partial charge in [0.15, 0.2) is 17.5 Å². The molecule has 0 radical (unpaired) electrons. The fraction of sp³-hybridized carbons (Fsp3) is 0.263. The Morgan fingerprint density at radius 2 is 1.72 bits per heavy atom. The van der Waals surface area contributed by atoms with E-state index in [9.17, 15) is 31.5 Å². The highest BCUT2D eigenvalue weighted by atomic mass is 32.2. The van der Waals surface area contributed by atoms with Crippen molar-refractivity contribution in [1.29, 1.82) is 0 Å². The maximum absolute atomic E-state index is 13.7. The number of hydrogen-bond acceptors (Lipinski definition) is 3. The molecular formula is C19H17F5N2O2S. The molecule has 156 valence electrons. The summed E-state index contributed by atoms with van der Waals surface area (Å²) in [7, 11) is 0. The number of amides is 2. The van der Waals surface area contributed by atoms with Crippen LogP contribution in [0, 0.1) is 29.1 Å². The molecule has 1 N–H and O–H groups in total. The van der Waals surface area contributed by atoms with Crippen molar-refractivity contribution in [3.63, 3.8) is 0 Å². The highest BCUT2D eigenvalue weighted by Gasteiger charge is 2.20. The molecule has 0 aromatic heterocycles. The molecule has 0 saturated carbocycles. The highest BCUT2D eigenvalue weighted by molar-refractivity contribution is 8.00. The molecule has 4 nitrogen and oxygen atoms in total. The van der Waals surface area contributed by atoms with Gasteiger partial charge in [-0.25, -0.2) is 22.0 Å². The van der Waals surface area contributed by atoms with E-state index in [-0.39, 0.29) is 17.2 Å². The van der Waals surface area contributed by atoms with E-state index in [1.165, 1.54) is 11.0 Å². The Hall–Kier alpha value is -2.62. The van der Waals surface area contributed by atoms with Crippen LogP contribution in [0.3, 0.4) is 0 Å². The molecule has 0 fully saturated rings. The molecule has 0 heterocycles. The first kappa shape index (κ1) is 22.7. The largest absolute Gasteiger partial charge is 0.333 e. The van der Waals surface area contributed by atoms with Crippen molar-refractivity contribution >= 4 is 29.3 Å². The van der Waals surface area contributed by atoms with E-state index in [2.05, 4.69) is 5.32 Å². The monoisotopic (exact) mass is 432 g/mol. The van der Waals surface area contributed by atoms with Crippen molar-refractivity contribution in [1.82, 2.24) is 4.90 Å². The molecule has 0 unspecified atom stereocenters. The Morgan fingerprint density at radius 1 is 1.00 bits per heavy atom. The fourth-order valence-corrected chi connectivity index (χ4v) is 3.19. The molecule has 0 spiro atoms. The number of benzene rings is 2. The van der Waals surface area contributed by atoms with Gasteiger partial charge in [-0.1, -0.05) is 6.92 Å². The summed E-state index contributed by atoms with van der Waals surface area (Å²) in [5, 5.41) is 2.09. The second-order valence-electron chi connectivity index (χ2n) is 5.95. The first-order valence-corrected chi connectivity index (χ1v) is 9.50. The number of rotatable bonds is 8. The number of thioether (sulfide) groups is 1. The third-order valence-electron chi connectivity index (χ3n) is 3.74. The number of nitrogens with zero attached hydrogens (tertiary/aromatic N) is 1. The number of anilines is 1. The smallest absolute Gasteiger partial charge is 0.244 e. The van der Waals surface area contributed by atoms with E-state index < -0.39 is 53.1 Å². The molecule has 2 aromatic rings. The predicted octanol–water partition coefficient (Wildman–Crippen LogP) is 4.35. The first-order chi connectivity index (χ1) is 13.7. The Balaban J connectivity index is 2.00. The Morgan fingerprint density at radius 3 is 2.38 bits per heavy atom. The van der Waals surface area contributed by atoms with Crippen molar-refractivity contribution in [2.45, 2.75) is 18.2 Å². The summed E-state index contributed by atoms with van der Waals surface area (Å²) in [4.78, 5) is 25.7. The van der Waals surface area contributed by atoms with Crippen molar-refractivity contribution < 1.29 is 31.5 Å². The second kappa shape index (κ2) is 10.2. The molecule has 0 aliphatic carbocycles. The second-order valence-corrected chi connectivity index (χ2v) is 6.97. The quantitative estimate of drug-likeness (QED) is 0.383. The first-order valence-electron chi connectivity index (χ1n) is 8.51. The lowest BCUT2D eigenvalue weighted by Gasteiger charge is -2.21. The van der Waals surface area contributed by atoms with Crippen LogP contribution in [0.2, 0.25) is 0 Å². The number of halogens is 5. The van der Waals surface area contributed by atoms with Gasteiger partial charge in [0.1, 0.15) is 11.6 Å². The van der Waals surface area contributed by atoms with Crippen LogP contribution in [0.15, 0.2) is 35.2 Å². The number of carbonyl (C=O) groups is 2. The minimum absolute atomic E-state index is 0.0736. The van der Waals surface area contributed by atoms with Gasteiger partial charge < -0.3 is 10.2 Å². The van der Waals surface area contributed by atoms with Crippen LogP contribution in [0.4, 0.5) is 27.6 Å². The van der Waals surface area contributed by atoms with Gasteiger partial charge in [-0.2, -0.15) is 0 Å². The van der Waals surface area contributed by atoms with E-state index >= 15 is 0 Å². The Labute approximate surface area is 168 Å². The van der Waals surface area contributed by atoms with Gasteiger partial charge in [0.25, 0.3) is 0 Å². The average molecular weight is 432 g/mol. The maximum Gasteiger partial charge on any atom is 0.244 e. The Bertz CT molecular complexity index is 910. The van der Waals surface area contributed by atoms with Gasteiger partial charge in [0.05, 0.1) is 18.0 Å². The van der Waals surface area contributed by atoms with Crippen molar-refractivity contribution in [3.05, 3.63) is 59.4 Å². The molecule has 0 saturated heterocycles. The summed E-state index contributed by atoms with van der Waals surface area (Å²) in [5.74, 6) is -7.74. The number of hydrogen-bond donors (Lipinski definition) is 1. The highest BCUT2D eigenvalue weighted by Crippen LogP contribution is 2.23. The predicted molar refractivity (Wildman–Crippen MR) is 98.9 cm³/mol. The van der Waals surface area contributed by atoms with Gasteiger partial charge in [-0.05, 0) is 30.7 Å². The zero-order chi connectivity index (χ0) is 21.6. The van der Waals surface area contributed by atoms with Crippen LogP contribution >= 0.6 is 11.8 Å². The molecule has 0 aliphatic heterocycles. The maximum atomic E-state index is 13.7. The zero-order valence-corrected chi connectivity index (χ0v) is 16.1. The number of nitrogens with one attached hydrogen (secondary N) is 1. The summed E-state index contributed by atoms with van der Waals surface area (Å²) in [6.45, 7) is 1.50. The van der Waals surface area contributed by atoms with Gasteiger partial charge >= 0.3 is 0 Å². The van der Waals surface area contributed by atoms with Gasteiger partial charge in [-0.15, -0.1) is 11.8 Å². The molecule has 2 amide bonds. The molecule has 29 heavy (non-hydrogen) atoms. The molecule has 10 heteroatoms. The standard InChI is InChI=1S/C19H17F5N2O2S/c1-2-7-26(17(28)10-29-15-6-3-11(20)8-13(15)22)9-16(27)25-14-5-4-12(21)18(23)19(14)24/h3-6,8H,2,7,9-10H2,1H3,(H,25,27). The van der Waals surface area contributed by atoms with E-state index in [1.54, 1.807) is 6.92 Å². The molecule has 2 rings (SSSR count). The zero-order valence-electron chi connectivity index (χ0n) is 15.3. The summed E-state index contributed by atoms with van der Waals surface area (Å²) in [6, 6.07) is 4.48. The summed E-state index contributed by atoms with van der Waals surface area (Å²) >= 11 is 0.839. The fourth-order valence-electron chi connectivity index (χ4n) is 2.37.